The Morgan fingerprint density at radius 2 is 1.71 bits per heavy atom. The van der Waals surface area contributed by atoms with Crippen LogP contribution in [-0.2, 0) is 61.1 Å². The molecule has 5 aromatic rings. The molecule has 20 nitrogen and oxygen atoms in total. The summed E-state index contributed by atoms with van der Waals surface area (Å²) in [5.41, 5.74) is 12.2. The average Bonchev–Trinajstić information content (AvgIpc) is 4.27. The van der Waals surface area contributed by atoms with E-state index in [0.29, 0.717) is 65.5 Å². The number of hydrogen-bond acceptors (Lipinski definition) is 15. The van der Waals surface area contributed by atoms with E-state index in [1.807, 2.05) is 56.0 Å². The van der Waals surface area contributed by atoms with E-state index >= 15 is 0 Å². The predicted octanol–water partition coefficient (Wildman–Crippen LogP) is 6.30. The van der Waals surface area contributed by atoms with E-state index in [-0.39, 0.29) is 119 Å². The zero-order valence-corrected chi connectivity index (χ0v) is 47.8. The van der Waals surface area contributed by atoms with E-state index in [0.717, 1.165) is 42.4 Å². The monoisotopic (exact) mass is 1120 g/mol. The normalized spacial score (nSPS) is 18.3. The zero-order valence-electron chi connectivity index (χ0n) is 47.8. The molecule has 0 saturated carbocycles. The van der Waals surface area contributed by atoms with Crippen LogP contribution in [0.3, 0.4) is 0 Å². The van der Waals surface area contributed by atoms with Gasteiger partial charge in [-0.15, -0.1) is 0 Å². The highest BCUT2D eigenvalue weighted by atomic mass is 19.1. The van der Waals surface area contributed by atoms with Crippen molar-refractivity contribution in [2.45, 2.75) is 135 Å². The molecule has 0 unspecified atom stereocenters. The van der Waals surface area contributed by atoms with Gasteiger partial charge in [-0.1, -0.05) is 51.1 Å². The summed E-state index contributed by atoms with van der Waals surface area (Å²) in [5.74, 6) is -0.540. The predicted molar refractivity (Wildman–Crippen MR) is 305 cm³/mol. The molecule has 0 spiro atoms. The van der Waals surface area contributed by atoms with Crippen molar-refractivity contribution < 1.29 is 42.6 Å². The van der Waals surface area contributed by atoms with Gasteiger partial charge in [0.15, 0.2) is 11.6 Å². The van der Waals surface area contributed by atoms with Gasteiger partial charge in [-0.3, -0.25) is 28.7 Å². The lowest BCUT2D eigenvalue weighted by Crippen LogP contribution is -2.62. The molecule has 82 heavy (non-hydrogen) atoms. The van der Waals surface area contributed by atoms with Gasteiger partial charge < -0.3 is 50.6 Å². The number of nitrogens with zero attached hydrogens (tertiary/aromatic N) is 8. The van der Waals surface area contributed by atoms with Crippen LogP contribution in [0.15, 0.2) is 66.9 Å². The molecule has 5 atom stereocenters. The highest BCUT2D eigenvalue weighted by Gasteiger charge is 2.43. The molecule has 4 aliphatic rings. The number of Topliss-reactive ketones (excluding diaryl/α,β-unsaturated/α-hetero) is 1. The molecule has 5 heterocycles. The third kappa shape index (κ3) is 13.3. The fourth-order valence-electron chi connectivity index (χ4n) is 11.5. The Bertz CT molecular complexity index is 3230. The van der Waals surface area contributed by atoms with Crippen molar-refractivity contribution in [1.29, 1.82) is 5.26 Å². The van der Waals surface area contributed by atoms with Gasteiger partial charge in [-0.2, -0.15) is 10.4 Å². The number of benzene rings is 3. The fraction of sp³-hybridized carbons (Fsp3) is 0.492. The Balaban J connectivity index is 0.751. The summed E-state index contributed by atoms with van der Waals surface area (Å²) in [7, 11) is 3.32. The second-order valence-corrected chi connectivity index (χ2v) is 22.8. The standard InChI is InChI=1S/C61H75FN12O8/c1-37(65-5)57(76)69-54(61(2,3)4)60(79)73-35-40-30-43(20-18-39(40)31-51(73)58(77)68-47-16-9-13-38-12-7-8-15-44(38)47)82-29-28-81-27-26-80-25-22-42(75)14-10-24-74-52(33-63)53-48-34-66-55(64)56(67-48)72-23-11-17-50(72)46-32-41(62)19-21-45(46)59(78)71(6)36-49(53)70-74/h7-8,12,15,18-21,30,32,34,37,47,50-51,54,65H,9-11,13-14,16-17,22-29,31,35-36H2,1-6H3,(H2,64,66)(H,68,77)(H,69,76)/t37-,47+,50+,51-,54+/m0/s1. The van der Waals surface area contributed by atoms with Crippen LogP contribution in [0.4, 0.5) is 16.0 Å². The first-order chi connectivity index (χ1) is 39.4. The smallest absolute Gasteiger partial charge is 0.254 e. The molecule has 1 saturated heterocycles. The number of nitrogen functional groups attached to an aromatic ring is 1. The maximum Gasteiger partial charge on any atom is 0.254 e. The topological polar surface area (TPSA) is 252 Å². The summed E-state index contributed by atoms with van der Waals surface area (Å²) < 4.78 is 33.9. The Hall–Kier alpha value is -7.80. The molecule has 0 radical (unpaired) electrons. The first kappa shape index (κ1) is 58.8. The molecule has 3 aliphatic heterocycles. The molecule has 2 bridgehead atoms. The number of anilines is 2. The number of nitrogens with two attached hydrogens (primary N) is 1. The number of likely N-dealkylation sites (N-methyl/N-ethyl adjacent to an activating group) is 1. The highest BCUT2D eigenvalue weighted by Crippen LogP contribution is 2.41. The van der Waals surface area contributed by atoms with Crippen molar-refractivity contribution in [3.05, 3.63) is 117 Å². The van der Waals surface area contributed by atoms with Gasteiger partial charge >= 0.3 is 0 Å². The minimum Gasteiger partial charge on any atom is -0.491 e. The molecular formula is C61H75FN12O8. The molecule has 1 fully saturated rings. The van der Waals surface area contributed by atoms with Gasteiger partial charge in [0.25, 0.3) is 5.91 Å². The van der Waals surface area contributed by atoms with Gasteiger partial charge in [0.1, 0.15) is 47.8 Å². The minimum atomic E-state index is -0.906. The number of carbonyl (C=O) groups excluding carboxylic acids is 5. The lowest BCUT2D eigenvalue weighted by Gasteiger charge is -2.41. The van der Waals surface area contributed by atoms with Gasteiger partial charge in [-0.05, 0) is 116 Å². The Labute approximate surface area is 478 Å². The molecule has 1 aliphatic carbocycles. The number of aryl methyl sites for hydroxylation is 2. The largest absolute Gasteiger partial charge is 0.491 e. The number of halogens is 1. The molecule has 434 valence electrons. The Kier molecular flexibility index (Phi) is 18.6. The lowest BCUT2D eigenvalue weighted by molar-refractivity contribution is -0.147. The number of nitriles is 1. The van der Waals surface area contributed by atoms with E-state index in [2.05, 4.69) is 39.1 Å². The van der Waals surface area contributed by atoms with E-state index in [4.69, 9.17) is 30.0 Å². The fourth-order valence-corrected chi connectivity index (χ4v) is 11.5. The summed E-state index contributed by atoms with van der Waals surface area (Å²) in [5, 5.41) is 24.5. The van der Waals surface area contributed by atoms with Crippen LogP contribution in [0.25, 0.3) is 11.3 Å². The van der Waals surface area contributed by atoms with Crippen LogP contribution >= 0.6 is 0 Å². The molecule has 2 aromatic heterocycles. The number of nitrogens with one attached hydrogen (secondary N) is 3. The summed E-state index contributed by atoms with van der Waals surface area (Å²) >= 11 is 0. The minimum absolute atomic E-state index is 0.0182. The molecule has 5 N–H and O–H groups in total. The number of amides is 4. The maximum atomic E-state index is 14.7. The lowest BCUT2D eigenvalue weighted by atomic mass is 9.83. The van der Waals surface area contributed by atoms with E-state index in [1.54, 1.807) is 30.6 Å². The van der Waals surface area contributed by atoms with Crippen LogP contribution < -0.4 is 31.3 Å². The number of ether oxygens (including phenoxy) is 3. The highest BCUT2D eigenvalue weighted by molar-refractivity contribution is 5.96. The second kappa shape index (κ2) is 26.0. The van der Waals surface area contributed by atoms with E-state index < -0.39 is 29.4 Å². The van der Waals surface area contributed by atoms with Crippen LogP contribution in [0, 0.1) is 22.6 Å². The molecule has 21 heteroatoms. The van der Waals surface area contributed by atoms with Crippen molar-refractivity contribution in [3.8, 4) is 23.1 Å². The number of fused-ring (bicyclic) bond motifs is 10. The summed E-state index contributed by atoms with van der Waals surface area (Å²) in [6.07, 6.45) is 6.68. The number of ketones is 1. The first-order valence-electron chi connectivity index (χ1n) is 28.5. The number of hydrogen-bond donors (Lipinski definition) is 4. The van der Waals surface area contributed by atoms with Gasteiger partial charge in [0.05, 0.1) is 74.2 Å². The Morgan fingerprint density at radius 1 is 0.927 bits per heavy atom. The third-order valence-corrected chi connectivity index (χ3v) is 16.1. The van der Waals surface area contributed by atoms with Crippen LogP contribution in [0.2, 0.25) is 0 Å². The molecule has 3 aromatic carbocycles. The number of aromatic nitrogens is 4. The molecular weight excluding hydrogens is 1050 g/mol. The third-order valence-electron chi connectivity index (χ3n) is 16.1. The zero-order chi connectivity index (χ0) is 58.2. The van der Waals surface area contributed by atoms with Gasteiger partial charge in [0, 0.05) is 51.5 Å². The number of rotatable bonds is 20. The summed E-state index contributed by atoms with van der Waals surface area (Å²) in [6.45, 7) is 9.65. The van der Waals surface area contributed by atoms with Crippen molar-refractivity contribution in [2.24, 2.45) is 5.41 Å². The van der Waals surface area contributed by atoms with Crippen molar-refractivity contribution in [2.75, 3.05) is 64.3 Å². The van der Waals surface area contributed by atoms with Gasteiger partial charge in [0.2, 0.25) is 17.7 Å². The quantitative estimate of drug-likeness (QED) is 0.0625. The van der Waals surface area contributed by atoms with Gasteiger partial charge in [-0.25, -0.2) is 14.4 Å². The number of carbonyl (C=O) groups is 5. The van der Waals surface area contributed by atoms with Crippen LogP contribution in [0.5, 0.6) is 5.75 Å². The summed E-state index contributed by atoms with van der Waals surface area (Å²) in [6, 6.07) is 17.5. The van der Waals surface area contributed by atoms with Crippen molar-refractivity contribution >= 4 is 41.0 Å². The second-order valence-electron chi connectivity index (χ2n) is 22.8. The average molecular weight is 1120 g/mol. The van der Waals surface area contributed by atoms with Crippen molar-refractivity contribution in [1.82, 2.24) is 45.5 Å². The summed E-state index contributed by atoms with van der Waals surface area (Å²) in [4.78, 5) is 83.9. The van der Waals surface area contributed by atoms with Crippen molar-refractivity contribution in [3.63, 3.8) is 0 Å². The SMILES string of the molecule is CN[C@@H](C)C(=O)N[C@H](C(=O)N1Cc2cc(OCCOCCOCCC(=O)CCCn3nc4c(c3C#N)-c3cnc(N)c(n3)N3CCC[C@@H]3c3cc(F)ccc3C(=O)N(C)C4)ccc2C[C@H]1C(=O)N[C@@H]1CCCc2ccccc21)C(C)(C)C. The van der Waals surface area contributed by atoms with E-state index in [9.17, 15) is 33.6 Å². The maximum absolute atomic E-state index is 14.7. The van der Waals surface area contributed by atoms with Crippen LogP contribution in [-0.4, -0.2) is 131 Å². The van der Waals surface area contributed by atoms with E-state index in [1.165, 1.54) is 34.9 Å². The first-order valence-corrected chi connectivity index (χ1v) is 28.5. The molecule has 4 amide bonds. The Morgan fingerprint density at radius 3 is 2.49 bits per heavy atom. The molecule has 9 rings (SSSR count). The van der Waals surface area contributed by atoms with Crippen LogP contribution in [0.1, 0.15) is 134 Å².